The first kappa shape index (κ1) is 18.8. The normalized spacial score (nSPS) is 11.9. The average molecular weight is 382 g/mol. The third-order valence-corrected chi connectivity index (χ3v) is 6.71. The van der Waals surface area contributed by atoms with Gasteiger partial charge in [-0.15, -0.1) is 23.5 Å². The Morgan fingerprint density at radius 3 is 2.71 bits per heavy atom. The summed E-state index contributed by atoms with van der Waals surface area (Å²) in [5.41, 5.74) is 7.14. The summed E-state index contributed by atoms with van der Waals surface area (Å²) < 4.78 is 0.897. The molecule has 0 saturated heterocycles. The van der Waals surface area contributed by atoms with Crippen LogP contribution in [0.1, 0.15) is 18.2 Å². The zero-order valence-electron chi connectivity index (χ0n) is 13.4. The van der Waals surface area contributed by atoms with Crippen molar-refractivity contribution in [3.63, 3.8) is 0 Å². The monoisotopic (exact) mass is 381 g/mol. The van der Waals surface area contributed by atoms with E-state index >= 15 is 0 Å². The van der Waals surface area contributed by atoms with Crippen molar-refractivity contribution in [3.8, 4) is 0 Å². The summed E-state index contributed by atoms with van der Waals surface area (Å²) in [7, 11) is 0. The molecule has 0 saturated carbocycles. The third-order valence-electron chi connectivity index (χ3n) is 3.04. The van der Waals surface area contributed by atoms with Gasteiger partial charge in [0.25, 0.3) is 0 Å². The Hall–Kier alpha value is -1.51. The summed E-state index contributed by atoms with van der Waals surface area (Å²) in [5.74, 6) is 0.548. The van der Waals surface area contributed by atoms with Gasteiger partial charge in [0.15, 0.2) is 5.13 Å². The van der Waals surface area contributed by atoms with Gasteiger partial charge in [-0.05, 0) is 19.4 Å². The summed E-state index contributed by atoms with van der Waals surface area (Å²) in [4.78, 5) is 27.5. The van der Waals surface area contributed by atoms with Gasteiger partial charge in [0.05, 0.1) is 20.9 Å². The lowest BCUT2D eigenvalue weighted by Gasteiger charge is -2.10. The predicted octanol–water partition coefficient (Wildman–Crippen LogP) is 3.29. The minimum absolute atomic E-state index is 0.0730. The molecule has 0 bridgehead atoms. The predicted molar refractivity (Wildman–Crippen MR) is 103 cm³/mol. The first-order valence-corrected chi connectivity index (χ1v) is 10.2. The van der Waals surface area contributed by atoms with E-state index in [1.807, 2.05) is 44.2 Å². The maximum absolute atomic E-state index is 12.3. The molecule has 8 heteroatoms. The number of primary amides is 1. The number of rotatable bonds is 8. The number of aryl methyl sites for hydroxylation is 1. The van der Waals surface area contributed by atoms with Crippen molar-refractivity contribution < 1.29 is 9.59 Å². The van der Waals surface area contributed by atoms with Gasteiger partial charge in [-0.25, -0.2) is 4.98 Å². The van der Waals surface area contributed by atoms with Crippen LogP contribution < -0.4 is 11.1 Å². The molecule has 1 heterocycles. The summed E-state index contributed by atoms with van der Waals surface area (Å²) >= 11 is 4.29. The van der Waals surface area contributed by atoms with E-state index in [4.69, 9.17) is 5.73 Å². The van der Waals surface area contributed by atoms with Gasteiger partial charge in [-0.2, -0.15) is 0 Å². The zero-order chi connectivity index (χ0) is 17.5. The largest absolute Gasteiger partial charge is 0.369 e. The van der Waals surface area contributed by atoms with Crippen LogP contribution in [-0.4, -0.2) is 27.8 Å². The fraction of sp³-hybridized carbons (Fsp3) is 0.312. The van der Waals surface area contributed by atoms with E-state index in [2.05, 4.69) is 10.3 Å². The van der Waals surface area contributed by atoms with E-state index in [0.29, 0.717) is 5.13 Å². The van der Waals surface area contributed by atoms with Crippen LogP contribution in [0, 0.1) is 6.92 Å². The Labute approximate surface area is 153 Å². The zero-order valence-corrected chi connectivity index (χ0v) is 15.9. The van der Waals surface area contributed by atoms with E-state index in [1.54, 1.807) is 11.8 Å². The van der Waals surface area contributed by atoms with E-state index in [9.17, 15) is 9.59 Å². The Morgan fingerprint density at radius 1 is 1.33 bits per heavy atom. The topological polar surface area (TPSA) is 85.1 Å². The number of carbonyl (C=O) groups excluding carboxylic acids is 2. The smallest absolute Gasteiger partial charge is 0.238 e. The van der Waals surface area contributed by atoms with E-state index in [1.165, 1.54) is 28.7 Å². The van der Waals surface area contributed by atoms with Crippen molar-refractivity contribution in [1.82, 2.24) is 4.98 Å². The SMILES string of the molecule is Cc1nc(NC(=O)C(C)SCc2ccccc2)sc1SCC(N)=O. The molecular weight excluding hydrogens is 362 g/mol. The number of thioether (sulfide) groups is 2. The van der Waals surface area contributed by atoms with Gasteiger partial charge in [-0.1, -0.05) is 41.7 Å². The Balaban J connectivity index is 1.87. The second-order valence-electron chi connectivity index (χ2n) is 5.07. The highest BCUT2D eigenvalue weighted by atomic mass is 32.2. The van der Waals surface area contributed by atoms with Crippen molar-refractivity contribution in [1.29, 1.82) is 0 Å². The number of benzene rings is 1. The van der Waals surface area contributed by atoms with Gasteiger partial charge in [0.1, 0.15) is 0 Å². The number of thiazole rings is 1. The Kier molecular flexibility index (Phi) is 7.14. The summed E-state index contributed by atoms with van der Waals surface area (Å²) in [6.45, 7) is 3.73. The molecule has 24 heavy (non-hydrogen) atoms. The summed E-state index contributed by atoms with van der Waals surface area (Å²) in [5, 5.41) is 3.21. The van der Waals surface area contributed by atoms with Crippen molar-refractivity contribution in [2.24, 2.45) is 5.73 Å². The molecule has 3 N–H and O–H groups in total. The summed E-state index contributed by atoms with van der Waals surface area (Å²) in [6.07, 6.45) is 0. The lowest BCUT2D eigenvalue weighted by atomic mass is 10.2. The number of anilines is 1. The van der Waals surface area contributed by atoms with Crippen LogP contribution in [0.15, 0.2) is 34.5 Å². The number of hydrogen-bond donors (Lipinski definition) is 2. The molecule has 5 nitrogen and oxygen atoms in total. The van der Waals surface area contributed by atoms with Gasteiger partial charge in [-0.3, -0.25) is 9.59 Å². The molecule has 1 aromatic carbocycles. The van der Waals surface area contributed by atoms with Crippen LogP contribution in [0.3, 0.4) is 0 Å². The molecule has 0 aliphatic heterocycles. The molecule has 2 aromatic rings. The highest BCUT2D eigenvalue weighted by Gasteiger charge is 2.17. The van der Waals surface area contributed by atoms with E-state index in [-0.39, 0.29) is 22.8 Å². The minimum Gasteiger partial charge on any atom is -0.369 e. The molecular formula is C16H19N3O2S3. The third kappa shape index (κ3) is 5.85. The Morgan fingerprint density at radius 2 is 2.04 bits per heavy atom. The molecule has 2 amide bonds. The highest BCUT2D eigenvalue weighted by molar-refractivity contribution is 8.01. The molecule has 0 spiro atoms. The van der Waals surface area contributed by atoms with Crippen LogP contribution in [0.25, 0.3) is 0 Å². The maximum Gasteiger partial charge on any atom is 0.238 e. The van der Waals surface area contributed by atoms with Crippen LogP contribution in [0.5, 0.6) is 0 Å². The van der Waals surface area contributed by atoms with E-state index in [0.717, 1.165) is 15.7 Å². The summed E-state index contributed by atoms with van der Waals surface area (Å²) in [6, 6.07) is 10.0. The quantitative estimate of drug-likeness (QED) is 0.686. The molecule has 1 atom stereocenters. The van der Waals surface area contributed by atoms with Crippen molar-refractivity contribution in [2.75, 3.05) is 11.1 Å². The van der Waals surface area contributed by atoms with Crippen molar-refractivity contribution >= 4 is 51.8 Å². The van der Waals surface area contributed by atoms with Crippen molar-refractivity contribution in [3.05, 3.63) is 41.6 Å². The van der Waals surface area contributed by atoms with Crippen molar-refractivity contribution in [2.45, 2.75) is 29.1 Å². The number of amides is 2. The molecule has 0 aliphatic carbocycles. The fourth-order valence-corrected chi connectivity index (χ4v) is 4.51. The number of aromatic nitrogens is 1. The molecule has 0 fully saturated rings. The first-order chi connectivity index (χ1) is 11.5. The van der Waals surface area contributed by atoms with Crippen LogP contribution >= 0.6 is 34.9 Å². The first-order valence-electron chi connectivity index (χ1n) is 7.30. The van der Waals surface area contributed by atoms with Gasteiger partial charge >= 0.3 is 0 Å². The maximum atomic E-state index is 12.3. The standard InChI is InChI=1S/C16H19N3O2S3/c1-10-15(23-9-13(17)20)24-16(18-10)19-14(21)11(2)22-8-12-6-4-3-5-7-12/h3-7,11H,8-9H2,1-2H3,(H2,17,20)(H,18,19,21). The van der Waals surface area contributed by atoms with Crippen LogP contribution in [0.2, 0.25) is 0 Å². The number of carbonyl (C=O) groups is 2. The molecule has 2 rings (SSSR count). The molecule has 1 aromatic heterocycles. The molecule has 1 unspecified atom stereocenters. The number of nitrogens with one attached hydrogen (secondary N) is 1. The lowest BCUT2D eigenvalue weighted by Crippen LogP contribution is -2.22. The van der Waals surface area contributed by atoms with E-state index < -0.39 is 0 Å². The highest BCUT2D eigenvalue weighted by Crippen LogP contribution is 2.32. The second kappa shape index (κ2) is 9.10. The van der Waals surface area contributed by atoms with Gasteiger partial charge in [0.2, 0.25) is 11.8 Å². The minimum atomic E-state index is -0.371. The number of nitrogens with two attached hydrogens (primary N) is 1. The molecule has 0 aliphatic rings. The lowest BCUT2D eigenvalue weighted by molar-refractivity contribution is -0.116. The number of nitrogens with zero attached hydrogens (tertiary/aromatic N) is 1. The number of hydrogen-bond acceptors (Lipinski definition) is 6. The molecule has 0 radical (unpaired) electrons. The van der Waals surface area contributed by atoms with Crippen LogP contribution in [0.4, 0.5) is 5.13 Å². The van der Waals surface area contributed by atoms with Gasteiger partial charge in [0, 0.05) is 5.75 Å². The Bertz CT molecular complexity index is 704. The fourth-order valence-electron chi connectivity index (χ4n) is 1.78. The second-order valence-corrected chi connectivity index (χ2v) is 8.65. The van der Waals surface area contributed by atoms with Gasteiger partial charge < -0.3 is 11.1 Å². The van der Waals surface area contributed by atoms with Crippen LogP contribution in [-0.2, 0) is 15.3 Å². The average Bonchev–Trinajstić information content (AvgIpc) is 2.91. The molecule has 128 valence electrons.